The van der Waals surface area contributed by atoms with E-state index in [4.69, 9.17) is 5.21 Å². The normalized spacial score (nSPS) is 27.1. The van der Waals surface area contributed by atoms with Crippen molar-refractivity contribution in [3.63, 3.8) is 0 Å². The molecule has 1 aromatic rings. The van der Waals surface area contributed by atoms with Crippen molar-refractivity contribution < 1.29 is 5.21 Å². The molecular formula is C8H7NO2. The van der Waals surface area contributed by atoms with Crippen molar-refractivity contribution in [2.24, 2.45) is 0 Å². The first-order valence-corrected chi connectivity index (χ1v) is 3.31. The first-order valence-electron chi connectivity index (χ1n) is 3.31. The number of benzene rings is 1. The molecular weight excluding hydrogens is 142 g/mol. The van der Waals surface area contributed by atoms with E-state index in [0.29, 0.717) is 5.69 Å². The third kappa shape index (κ3) is 0.867. The Morgan fingerprint density at radius 1 is 1.27 bits per heavy atom. The van der Waals surface area contributed by atoms with Crippen molar-refractivity contribution in [2.75, 3.05) is 0 Å². The van der Waals surface area contributed by atoms with Crippen molar-refractivity contribution in [2.45, 2.75) is 0 Å². The van der Waals surface area contributed by atoms with Crippen molar-refractivity contribution in [1.29, 1.82) is 0 Å². The van der Waals surface area contributed by atoms with E-state index in [1.807, 2.05) is 6.07 Å². The Bertz CT molecular complexity index is 318. The van der Waals surface area contributed by atoms with Crippen molar-refractivity contribution in [3.05, 3.63) is 41.2 Å². The maximum Gasteiger partial charge on any atom is 0.177 e. The van der Waals surface area contributed by atoms with Gasteiger partial charge in [0, 0.05) is 17.7 Å². The van der Waals surface area contributed by atoms with E-state index in [1.165, 1.54) is 6.20 Å². The third-order valence-electron chi connectivity index (χ3n) is 1.74. The number of hydrogen-bond donors (Lipinski definition) is 1. The van der Waals surface area contributed by atoms with Crippen LogP contribution in [0.1, 0.15) is 5.56 Å². The van der Waals surface area contributed by atoms with E-state index < -0.39 is 4.81 Å². The SMILES string of the molecule is [O-][N+]1(O)C=Cc2ccccc21. The van der Waals surface area contributed by atoms with Crippen molar-refractivity contribution in [3.8, 4) is 0 Å². The second-order valence-corrected chi connectivity index (χ2v) is 2.50. The van der Waals surface area contributed by atoms with E-state index in [1.54, 1.807) is 24.3 Å². The fourth-order valence-electron chi connectivity index (χ4n) is 1.18. The minimum atomic E-state index is -1.38. The highest BCUT2D eigenvalue weighted by atomic mass is 16.8. The van der Waals surface area contributed by atoms with Gasteiger partial charge in [-0.05, 0) is 6.07 Å². The molecule has 0 saturated heterocycles. The Hall–Kier alpha value is -1.16. The molecule has 1 aliphatic heterocycles. The lowest BCUT2D eigenvalue weighted by Crippen LogP contribution is -2.29. The van der Waals surface area contributed by atoms with Crippen LogP contribution in [-0.2, 0) is 0 Å². The second-order valence-electron chi connectivity index (χ2n) is 2.50. The Balaban J connectivity index is 2.64. The first kappa shape index (κ1) is 6.54. The molecule has 0 radical (unpaired) electrons. The summed E-state index contributed by atoms with van der Waals surface area (Å²) in [7, 11) is 0. The molecule has 11 heavy (non-hydrogen) atoms. The summed E-state index contributed by atoms with van der Waals surface area (Å²) < 4.78 is 0. The number of hydroxylamine groups is 2. The summed E-state index contributed by atoms with van der Waals surface area (Å²) in [5, 5.41) is 20.3. The molecule has 3 heteroatoms. The molecule has 1 aliphatic rings. The predicted octanol–water partition coefficient (Wildman–Crippen LogP) is 1.87. The largest absolute Gasteiger partial charge is 0.588 e. The molecule has 2 rings (SSSR count). The van der Waals surface area contributed by atoms with Gasteiger partial charge >= 0.3 is 0 Å². The maximum atomic E-state index is 11.1. The number of hydrogen-bond acceptors (Lipinski definition) is 2. The monoisotopic (exact) mass is 149 g/mol. The molecule has 0 saturated carbocycles. The summed E-state index contributed by atoms with van der Waals surface area (Å²) in [4.78, 5) is -1.38. The van der Waals surface area contributed by atoms with Gasteiger partial charge in [-0.2, -0.15) is 4.81 Å². The van der Waals surface area contributed by atoms with Gasteiger partial charge in [0.25, 0.3) is 0 Å². The van der Waals surface area contributed by atoms with E-state index in [-0.39, 0.29) is 0 Å². The quantitative estimate of drug-likeness (QED) is 0.452. The van der Waals surface area contributed by atoms with Crippen LogP contribution in [0.5, 0.6) is 0 Å². The summed E-state index contributed by atoms with van der Waals surface area (Å²) in [6.45, 7) is 0. The van der Waals surface area contributed by atoms with Gasteiger partial charge in [0.15, 0.2) is 5.69 Å². The van der Waals surface area contributed by atoms with Gasteiger partial charge < -0.3 is 5.21 Å². The van der Waals surface area contributed by atoms with Gasteiger partial charge in [-0.15, -0.1) is 0 Å². The lowest BCUT2D eigenvalue weighted by Gasteiger charge is -2.25. The van der Waals surface area contributed by atoms with Crippen LogP contribution in [0.3, 0.4) is 0 Å². The van der Waals surface area contributed by atoms with Crippen LogP contribution in [0.15, 0.2) is 30.5 Å². The van der Waals surface area contributed by atoms with E-state index in [2.05, 4.69) is 0 Å². The van der Waals surface area contributed by atoms with Gasteiger partial charge in [0.2, 0.25) is 0 Å². The van der Waals surface area contributed by atoms with Gasteiger partial charge in [0.05, 0.1) is 0 Å². The summed E-state index contributed by atoms with van der Waals surface area (Å²) in [6, 6.07) is 6.96. The molecule has 1 N–H and O–H groups in total. The van der Waals surface area contributed by atoms with E-state index in [0.717, 1.165) is 5.56 Å². The highest BCUT2D eigenvalue weighted by Crippen LogP contribution is 2.31. The standard InChI is InChI=1S/C8H7NO2/c10-9(11)6-5-7-3-1-2-4-8(7)9/h1-6,10H. The first-order chi connectivity index (χ1) is 5.20. The molecule has 56 valence electrons. The number of fused-ring (bicyclic) bond motifs is 1. The van der Waals surface area contributed by atoms with Crippen LogP contribution in [0, 0.1) is 5.21 Å². The zero-order valence-corrected chi connectivity index (χ0v) is 5.77. The van der Waals surface area contributed by atoms with E-state index in [9.17, 15) is 5.21 Å². The zero-order chi connectivity index (χ0) is 7.90. The molecule has 1 unspecified atom stereocenters. The second kappa shape index (κ2) is 1.92. The van der Waals surface area contributed by atoms with Crippen LogP contribution < -0.4 is 4.81 Å². The number of nitrogens with zero attached hydrogens (tertiary/aromatic N) is 1. The van der Waals surface area contributed by atoms with Crippen LogP contribution in [-0.4, -0.2) is 5.21 Å². The van der Waals surface area contributed by atoms with Gasteiger partial charge in [-0.3, -0.25) is 0 Å². The molecule has 1 aromatic carbocycles. The lowest BCUT2D eigenvalue weighted by atomic mass is 10.2. The van der Waals surface area contributed by atoms with Crippen molar-refractivity contribution in [1.82, 2.24) is 4.81 Å². The minimum Gasteiger partial charge on any atom is -0.588 e. The maximum absolute atomic E-state index is 11.1. The average molecular weight is 149 g/mol. The Morgan fingerprint density at radius 2 is 2.00 bits per heavy atom. The predicted molar refractivity (Wildman–Crippen MR) is 42.4 cm³/mol. The summed E-state index contributed by atoms with van der Waals surface area (Å²) in [5.41, 5.74) is 1.16. The minimum absolute atomic E-state index is 0.382. The van der Waals surface area contributed by atoms with E-state index >= 15 is 0 Å². The molecule has 1 atom stereocenters. The molecule has 0 fully saturated rings. The summed E-state index contributed by atoms with van der Waals surface area (Å²) >= 11 is 0. The van der Waals surface area contributed by atoms with Gasteiger partial charge in [0.1, 0.15) is 6.20 Å². The van der Waals surface area contributed by atoms with Crippen LogP contribution >= 0.6 is 0 Å². The molecule has 0 amide bonds. The Morgan fingerprint density at radius 3 is 2.73 bits per heavy atom. The van der Waals surface area contributed by atoms with Gasteiger partial charge in [-0.25, -0.2) is 5.21 Å². The molecule has 0 aromatic heterocycles. The molecule has 0 aliphatic carbocycles. The van der Waals surface area contributed by atoms with Crippen LogP contribution in [0.2, 0.25) is 0 Å². The fraction of sp³-hybridized carbons (Fsp3) is 0. The van der Waals surface area contributed by atoms with Gasteiger partial charge in [-0.1, -0.05) is 12.1 Å². The van der Waals surface area contributed by atoms with Crippen molar-refractivity contribution >= 4 is 11.8 Å². The fourth-order valence-corrected chi connectivity index (χ4v) is 1.18. The summed E-state index contributed by atoms with van der Waals surface area (Å²) in [5.74, 6) is 0. The van der Waals surface area contributed by atoms with Crippen LogP contribution in [0.25, 0.3) is 6.08 Å². The third-order valence-corrected chi connectivity index (χ3v) is 1.74. The molecule has 3 nitrogen and oxygen atoms in total. The Kier molecular flexibility index (Phi) is 1.14. The topological polar surface area (TPSA) is 43.3 Å². The number of rotatable bonds is 0. The molecule has 1 heterocycles. The molecule has 0 spiro atoms. The van der Waals surface area contributed by atoms with Crippen LogP contribution in [0.4, 0.5) is 5.69 Å². The average Bonchev–Trinajstić information content (AvgIpc) is 2.29. The highest BCUT2D eigenvalue weighted by Gasteiger charge is 2.23. The highest BCUT2D eigenvalue weighted by molar-refractivity contribution is 5.72. The molecule has 0 bridgehead atoms. The number of para-hydroxylation sites is 1. The smallest absolute Gasteiger partial charge is 0.177 e. The Labute approximate surface area is 63.9 Å². The zero-order valence-electron chi connectivity index (χ0n) is 5.77. The lowest BCUT2D eigenvalue weighted by molar-refractivity contribution is 0.0225. The summed E-state index contributed by atoms with van der Waals surface area (Å²) in [6.07, 6.45) is 2.81. The number of quaternary nitrogens is 1.